The molecule has 0 amide bonds. The lowest BCUT2D eigenvalue weighted by molar-refractivity contribution is -0.132. The van der Waals surface area contributed by atoms with Crippen LogP contribution >= 0.6 is 0 Å². The smallest absolute Gasteiger partial charge is 0.352 e. The number of hydrogen-bond donors (Lipinski definition) is 2. The second-order valence-corrected chi connectivity index (χ2v) is 4.90. The third-order valence-electron chi connectivity index (χ3n) is 3.33. The summed E-state index contributed by atoms with van der Waals surface area (Å²) in [6.07, 6.45) is 3.96. The molecule has 22 heavy (non-hydrogen) atoms. The molecule has 0 bridgehead atoms. The molecule has 0 saturated carbocycles. The van der Waals surface area contributed by atoms with Crippen LogP contribution in [0.15, 0.2) is 42.4 Å². The van der Waals surface area contributed by atoms with Crippen molar-refractivity contribution in [3.8, 4) is 5.75 Å². The van der Waals surface area contributed by atoms with Gasteiger partial charge in [-0.2, -0.15) is 10.1 Å². The Morgan fingerprint density at radius 1 is 1.41 bits per heavy atom. The van der Waals surface area contributed by atoms with Gasteiger partial charge in [0.05, 0.1) is 6.61 Å². The minimum atomic E-state index is -1.03. The number of carbonyl (C=O) groups is 1. The van der Waals surface area contributed by atoms with Crippen LogP contribution in [0, 0.1) is 0 Å². The van der Waals surface area contributed by atoms with Gasteiger partial charge in [0.15, 0.2) is 0 Å². The van der Waals surface area contributed by atoms with Crippen LogP contribution in [0.4, 0.5) is 5.95 Å². The zero-order valence-electron chi connectivity index (χ0n) is 12.1. The van der Waals surface area contributed by atoms with Crippen molar-refractivity contribution in [3.63, 3.8) is 0 Å². The molecule has 2 N–H and O–H groups in total. The Hall–Kier alpha value is -2.83. The second-order valence-electron chi connectivity index (χ2n) is 4.90. The van der Waals surface area contributed by atoms with Gasteiger partial charge in [0, 0.05) is 0 Å². The second kappa shape index (κ2) is 5.88. The van der Waals surface area contributed by atoms with Gasteiger partial charge in [0.1, 0.15) is 23.8 Å². The van der Waals surface area contributed by atoms with E-state index in [4.69, 9.17) is 4.74 Å². The maximum Gasteiger partial charge on any atom is 0.352 e. The standard InChI is InChI=1S/C15H16N4O3/c1-2-7-22-11-5-3-10(4-6-11)13-8-12(14(20)21)18-15-16-9-17-19(13)15/h3-6,8-9,13H,2,7H2,1H3,(H,20,21)(H,16,17,18). The summed E-state index contributed by atoms with van der Waals surface area (Å²) in [5, 5.41) is 16.1. The van der Waals surface area contributed by atoms with Gasteiger partial charge < -0.3 is 15.2 Å². The summed E-state index contributed by atoms with van der Waals surface area (Å²) >= 11 is 0. The molecule has 1 aromatic heterocycles. The average Bonchev–Trinajstić information content (AvgIpc) is 3.01. The Morgan fingerprint density at radius 3 is 2.86 bits per heavy atom. The van der Waals surface area contributed by atoms with Crippen molar-refractivity contribution < 1.29 is 14.6 Å². The summed E-state index contributed by atoms with van der Waals surface area (Å²) in [4.78, 5) is 15.3. The van der Waals surface area contributed by atoms with Crippen molar-refractivity contribution >= 4 is 11.9 Å². The summed E-state index contributed by atoms with van der Waals surface area (Å²) in [5.74, 6) is 0.180. The molecule has 1 aliphatic heterocycles. The van der Waals surface area contributed by atoms with Crippen LogP contribution in [0.2, 0.25) is 0 Å². The lowest BCUT2D eigenvalue weighted by Crippen LogP contribution is -2.24. The monoisotopic (exact) mass is 300 g/mol. The average molecular weight is 300 g/mol. The summed E-state index contributed by atoms with van der Waals surface area (Å²) in [6.45, 7) is 2.72. The molecule has 0 aliphatic carbocycles. The molecule has 1 unspecified atom stereocenters. The largest absolute Gasteiger partial charge is 0.494 e. The SMILES string of the molecule is CCCOc1ccc(C2C=C(C(=O)O)Nc3ncnn32)cc1. The van der Waals surface area contributed by atoms with E-state index in [2.05, 4.69) is 15.4 Å². The molecule has 0 saturated heterocycles. The van der Waals surface area contributed by atoms with Crippen molar-refractivity contribution in [1.82, 2.24) is 14.8 Å². The van der Waals surface area contributed by atoms with Gasteiger partial charge >= 0.3 is 5.97 Å². The molecule has 114 valence electrons. The van der Waals surface area contributed by atoms with E-state index < -0.39 is 5.97 Å². The maximum absolute atomic E-state index is 11.2. The van der Waals surface area contributed by atoms with Crippen LogP contribution in [-0.2, 0) is 4.79 Å². The van der Waals surface area contributed by atoms with E-state index in [9.17, 15) is 9.90 Å². The summed E-state index contributed by atoms with van der Waals surface area (Å²) in [6, 6.07) is 7.24. The number of aromatic nitrogens is 3. The Balaban J connectivity index is 1.91. The van der Waals surface area contributed by atoms with E-state index in [1.54, 1.807) is 10.8 Å². The molecule has 7 nitrogen and oxygen atoms in total. The van der Waals surface area contributed by atoms with Gasteiger partial charge in [-0.25, -0.2) is 9.48 Å². The normalized spacial score (nSPS) is 16.4. The summed E-state index contributed by atoms with van der Waals surface area (Å²) in [5.41, 5.74) is 1.01. The van der Waals surface area contributed by atoms with Gasteiger partial charge in [-0.1, -0.05) is 19.1 Å². The fourth-order valence-electron chi connectivity index (χ4n) is 2.28. The van der Waals surface area contributed by atoms with Crippen molar-refractivity contribution in [1.29, 1.82) is 0 Å². The van der Waals surface area contributed by atoms with Crippen molar-refractivity contribution in [3.05, 3.63) is 47.9 Å². The molecule has 2 heterocycles. The molecule has 7 heteroatoms. The van der Waals surface area contributed by atoms with Crippen LogP contribution in [0.5, 0.6) is 5.75 Å². The highest BCUT2D eigenvalue weighted by molar-refractivity contribution is 5.90. The van der Waals surface area contributed by atoms with Crippen molar-refractivity contribution in [2.24, 2.45) is 0 Å². The first-order chi connectivity index (χ1) is 10.7. The first-order valence-electron chi connectivity index (χ1n) is 7.03. The number of allylic oxidation sites excluding steroid dienone is 1. The quantitative estimate of drug-likeness (QED) is 0.878. The van der Waals surface area contributed by atoms with E-state index in [0.717, 1.165) is 17.7 Å². The highest BCUT2D eigenvalue weighted by Crippen LogP contribution is 2.29. The van der Waals surface area contributed by atoms with Gasteiger partial charge in [-0.15, -0.1) is 0 Å². The first-order valence-corrected chi connectivity index (χ1v) is 7.03. The topological polar surface area (TPSA) is 89.3 Å². The number of anilines is 1. The van der Waals surface area contributed by atoms with Crippen LogP contribution in [-0.4, -0.2) is 32.4 Å². The van der Waals surface area contributed by atoms with Gasteiger partial charge in [-0.05, 0) is 30.2 Å². The third kappa shape index (κ3) is 2.65. The number of nitrogens with one attached hydrogen (secondary N) is 1. The number of hydrogen-bond acceptors (Lipinski definition) is 5. The maximum atomic E-state index is 11.2. The van der Waals surface area contributed by atoms with Crippen LogP contribution in [0.3, 0.4) is 0 Å². The molecular formula is C15H16N4O3. The molecule has 1 aliphatic rings. The number of aliphatic carboxylic acids is 1. The zero-order valence-corrected chi connectivity index (χ0v) is 12.1. The van der Waals surface area contributed by atoms with Gasteiger partial charge in [0.25, 0.3) is 0 Å². The van der Waals surface area contributed by atoms with Gasteiger partial charge in [-0.3, -0.25) is 0 Å². The summed E-state index contributed by atoms with van der Waals surface area (Å²) < 4.78 is 7.20. The minimum absolute atomic E-state index is 0.0943. The number of ether oxygens (including phenoxy) is 1. The Morgan fingerprint density at radius 2 is 2.18 bits per heavy atom. The van der Waals surface area contributed by atoms with E-state index in [1.165, 1.54) is 6.33 Å². The lowest BCUT2D eigenvalue weighted by atomic mass is 10.0. The molecule has 0 fully saturated rings. The van der Waals surface area contributed by atoms with E-state index >= 15 is 0 Å². The lowest BCUT2D eigenvalue weighted by Gasteiger charge is -2.22. The van der Waals surface area contributed by atoms with Crippen LogP contribution in [0.1, 0.15) is 24.9 Å². The fourth-order valence-corrected chi connectivity index (χ4v) is 2.28. The molecule has 1 aromatic carbocycles. The number of rotatable bonds is 5. The number of carboxylic acid groups (broad SMARTS) is 1. The summed E-state index contributed by atoms with van der Waals surface area (Å²) in [7, 11) is 0. The van der Waals surface area contributed by atoms with Gasteiger partial charge in [0.2, 0.25) is 5.95 Å². The molecule has 1 atom stereocenters. The number of nitrogens with zero attached hydrogens (tertiary/aromatic N) is 3. The predicted octanol–water partition coefficient (Wildman–Crippen LogP) is 2.05. The Kier molecular flexibility index (Phi) is 3.78. The number of fused-ring (bicyclic) bond motifs is 1. The van der Waals surface area contributed by atoms with E-state index in [0.29, 0.717) is 12.6 Å². The third-order valence-corrected chi connectivity index (χ3v) is 3.33. The molecular weight excluding hydrogens is 284 g/mol. The van der Waals surface area contributed by atoms with Crippen molar-refractivity contribution in [2.75, 3.05) is 11.9 Å². The highest BCUT2D eigenvalue weighted by Gasteiger charge is 2.25. The highest BCUT2D eigenvalue weighted by atomic mass is 16.5. The van der Waals surface area contributed by atoms with Crippen LogP contribution in [0.25, 0.3) is 0 Å². The van der Waals surface area contributed by atoms with E-state index in [-0.39, 0.29) is 11.7 Å². The Labute approximate surface area is 127 Å². The molecule has 0 spiro atoms. The number of carboxylic acids is 1. The zero-order chi connectivity index (χ0) is 15.5. The fraction of sp³-hybridized carbons (Fsp3) is 0.267. The van der Waals surface area contributed by atoms with E-state index in [1.807, 2.05) is 31.2 Å². The minimum Gasteiger partial charge on any atom is -0.494 e. The molecule has 3 rings (SSSR count). The Bertz CT molecular complexity index is 706. The predicted molar refractivity (Wildman–Crippen MR) is 79.7 cm³/mol. The van der Waals surface area contributed by atoms with Crippen molar-refractivity contribution in [2.45, 2.75) is 19.4 Å². The number of benzene rings is 1. The first kappa shape index (κ1) is 14.1. The molecule has 0 radical (unpaired) electrons. The van der Waals surface area contributed by atoms with Crippen LogP contribution < -0.4 is 10.1 Å². The molecule has 2 aromatic rings.